The Hall–Kier alpha value is -2.42. The summed E-state index contributed by atoms with van der Waals surface area (Å²) < 4.78 is 0. The number of piperidine rings is 1. The highest BCUT2D eigenvalue weighted by Crippen LogP contribution is 2.21. The Balaban J connectivity index is 1.55. The van der Waals surface area contributed by atoms with Crippen molar-refractivity contribution in [3.63, 3.8) is 0 Å². The van der Waals surface area contributed by atoms with Crippen molar-refractivity contribution in [3.8, 4) is 0 Å². The van der Waals surface area contributed by atoms with Gasteiger partial charge < -0.3 is 21.3 Å². The first-order valence-corrected chi connectivity index (χ1v) is 9.08. The van der Waals surface area contributed by atoms with Crippen LogP contribution >= 0.6 is 0 Å². The number of amides is 2. The van der Waals surface area contributed by atoms with E-state index in [0.717, 1.165) is 44.0 Å². The first-order valence-electron chi connectivity index (χ1n) is 9.08. The normalized spacial score (nSPS) is 21.7. The molecule has 0 bridgehead atoms. The largest absolute Gasteiger partial charge is 0.369 e. The van der Waals surface area contributed by atoms with Crippen molar-refractivity contribution in [1.82, 2.24) is 19.8 Å². The molecule has 2 fully saturated rings. The SMILES string of the molecule is Cc1cc(N2CCN(C(=O)C3CCCN(CC(N)=O)C3)CC2)nc(N)n1. The Morgan fingerprint density at radius 1 is 1.19 bits per heavy atom. The van der Waals surface area contributed by atoms with Crippen LogP contribution in [0.2, 0.25) is 0 Å². The first-order chi connectivity index (χ1) is 12.4. The van der Waals surface area contributed by atoms with E-state index in [1.54, 1.807) is 0 Å². The van der Waals surface area contributed by atoms with E-state index < -0.39 is 0 Å². The van der Waals surface area contributed by atoms with E-state index in [0.29, 0.717) is 19.6 Å². The van der Waals surface area contributed by atoms with E-state index in [9.17, 15) is 9.59 Å². The molecule has 3 heterocycles. The molecule has 1 unspecified atom stereocenters. The Morgan fingerprint density at radius 3 is 2.58 bits per heavy atom. The van der Waals surface area contributed by atoms with Crippen molar-refractivity contribution in [2.45, 2.75) is 19.8 Å². The van der Waals surface area contributed by atoms with Crippen LogP contribution in [0.25, 0.3) is 0 Å². The molecule has 0 radical (unpaired) electrons. The number of carbonyl (C=O) groups is 2. The number of carbonyl (C=O) groups excluding carboxylic acids is 2. The molecule has 3 rings (SSSR count). The van der Waals surface area contributed by atoms with Crippen LogP contribution in [0.3, 0.4) is 0 Å². The lowest BCUT2D eigenvalue weighted by atomic mass is 9.96. The van der Waals surface area contributed by atoms with Crippen LogP contribution < -0.4 is 16.4 Å². The number of primary amides is 1. The molecule has 1 aromatic rings. The van der Waals surface area contributed by atoms with Crippen LogP contribution in [0, 0.1) is 12.8 Å². The van der Waals surface area contributed by atoms with E-state index in [-0.39, 0.29) is 30.2 Å². The maximum atomic E-state index is 12.9. The van der Waals surface area contributed by atoms with Crippen LogP contribution in [-0.4, -0.2) is 77.4 Å². The predicted molar refractivity (Wildman–Crippen MR) is 98.3 cm³/mol. The molecule has 9 nitrogen and oxygen atoms in total. The van der Waals surface area contributed by atoms with E-state index in [4.69, 9.17) is 11.5 Å². The lowest BCUT2D eigenvalue weighted by Crippen LogP contribution is -2.53. The molecule has 1 aromatic heterocycles. The highest BCUT2D eigenvalue weighted by molar-refractivity contribution is 5.80. The van der Waals surface area contributed by atoms with Gasteiger partial charge in [0.25, 0.3) is 0 Å². The van der Waals surface area contributed by atoms with Crippen LogP contribution in [0.4, 0.5) is 11.8 Å². The van der Waals surface area contributed by atoms with Gasteiger partial charge in [-0.05, 0) is 26.3 Å². The average Bonchev–Trinajstić information content (AvgIpc) is 2.60. The number of aromatic nitrogens is 2. The number of nitrogen functional groups attached to an aromatic ring is 1. The number of nitrogens with zero attached hydrogens (tertiary/aromatic N) is 5. The summed E-state index contributed by atoms with van der Waals surface area (Å²) in [6.07, 6.45) is 1.79. The van der Waals surface area contributed by atoms with Crippen LogP contribution in [0.15, 0.2) is 6.07 Å². The molecule has 0 spiro atoms. The number of nitrogens with two attached hydrogens (primary N) is 2. The average molecular weight is 361 g/mol. The molecule has 4 N–H and O–H groups in total. The number of hydrogen-bond donors (Lipinski definition) is 2. The van der Waals surface area contributed by atoms with E-state index >= 15 is 0 Å². The lowest BCUT2D eigenvalue weighted by Gasteiger charge is -2.39. The van der Waals surface area contributed by atoms with E-state index in [2.05, 4.69) is 14.9 Å². The number of anilines is 2. The summed E-state index contributed by atoms with van der Waals surface area (Å²) in [5, 5.41) is 0. The van der Waals surface area contributed by atoms with Gasteiger partial charge in [0.15, 0.2) is 0 Å². The van der Waals surface area contributed by atoms with Crippen molar-refractivity contribution in [3.05, 3.63) is 11.8 Å². The highest BCUT2D eigenvalue weighted by Gasteiger charge is 2.31. The van der Waals surface area contributed by atoms with Crippen LogP contribution in [0.1, 0.15) is 18.5 Å². The molecule has 1 atom stereocenters. The molecule has 0 aromatic carbocycles. The Kier molecular flexibility index (Phi) is 5.55. The summed E-state index contributed by atoms with van der Waals surface area (Å²) in [4.78, 5) is 38.4. The third-order valence-corrected chi connectivity index (χ3v) is 5.01. The fraction of sp³-hybridized carbons (Fsp3) is 0.647. The maximum absolute atomic E-state index is 12.9. The van der Waals surface area contributed by atoms with Gasteiger partial charge in [-0.2, -0.15) is 4.98 Å². The molecule has 0 saturated carbocycles. The van der Waals surface area contributed by atoms with Gasteiger partial charge in [0.1, 0.15) is 5.82 Å². The molecule has 26 heavy (non-hydrogen) atoms. The molecule has 0 aliphatic carbocycles. The van der Waals surface area contributed by atoms with Gasteiger partial charge in [0, 0.05) is 44.5 Å². The Morgan fingerprint density at radius 2 is 1.92 bits per heavy atom. The van der Waals surface area contributed by atoms with Crippen molar-refractivity contribution in [2.24, 2.45) is 11.7 Å². The standard InChI is InChI=1S/C17H27N7O2/c1-12-9-15(21-17(19)20-12)23-5-7-24(8-6-23)16(26)13-3-2-4-22(10-13)11-14(18)25/h9,13H,2-8,10-11H2,1H3,(H2,18,25)(H2,19,20,21). The van der Waals surface area contributed by atoms with Gasteiger partial charge in [0.05, 0.1) is 12.5 Å². The third kappa shape index (κ3) is 4.40. The maximum Gasteiger partial charge on any atom is 0.231 e. The number of hydrogen-bond acceptors (Lipinski definition) is 7. The monoisotopic (exact) mass is 361 g/mol. The van der Waals surface area contributed by atoms with Gasteiger partial charge in [0.2, 0.25) is 17.8 Å². The molecule has 2 amide bonds. The molecular weight excluding hydrogens is 334 g/mol. The highest BCUT2D eigenvalue weighted by atomic mass is 16.2. The fourth-order valence-corrected chi connectivity index (χ4v) is 3.77. The Bertz CT molecular complexity index is 653. The summed E-state index contributed by atoms with van der Waals surface area (Å²) in [6.45, 7) is 6.33. The van der Waals surface area contributed by atoms with Crippen molar-refractivity contribution >= 4 is 23.6 Å². The van der Waals surface area contributed by atoms with Gasteiger partial charge in [-0.15, -0.1) is 0 Å². The predicted octanol–water partition coefficient (Wildman–Crippen LogP) is -0.787. The zero-order chi connectivity index (χ0) is 18.7. The quantitative estimate of drug-likeness (QED) is 0.721. The molecule has 142 valence electrons. The number of likely N-dealkylation sites (tertiary alicyclic amines) is 1. The molecule has 9 heteroatoms. The number of aryl methyl sites for hydroxylation is 1. The van der Waals surface area contributed by atoms with E-state index in [1.807, 2.05) is 22.8 Å². The summed E-state index contributed by atoms with van der Waals surface area (Å²) in [7, 11) is 0. The van der Waals surface area contributed by atoms with Gasteiger partial charge in [-0.3, -0.25) is 14.5 Å². The van der Waals surface area contributed by atoms with Gasteiger partial charge in [-0.1, -0.05) is 0 Å². The van der Waals surface area contributed by atoms with Gasteiger partial charge >= 0.3 is 0 Å². The molecular formula is C17H27N7O2. The summed E-state index contributed by atoms with van der Waals surface area (Å²) in [5.41, 5.74) is 11.9. The van der Waals surface area contributed by atoms with Crippen molar-refractivity contribution < 1.29 is 9.59 Å². The lowest BCUT2D eigenvalue weighted by molar-refractivity contribution is -0.138. The minimum Gasteiger partial charge on any atom is -0.369 e. The minimum atomic E-state index is -0.342. The van der Waals surface area contributed by atoms with Crippen LogP contribution in [-0.2, 0) is 9.59 Å². The second-order valence-corrected chi connectivity index (χ2v) is 7.08. The second kappa shape index (κ2) is 7.86. The summed E-state index contributed by atoms with van der Waals surface area (Å²) >= 11 is 0. The van der Waals surface area contributed by atoms with E-state index in [1.165, 1.54) is 0 Å². The molecule has 2 aliphatic rings. The smallest absolute Gasteiger partial charge is 0.231 e. The van der Waals surface area contributed by atoms with Crippen LogP contribution in [0.5, 0.6) is 0 Å². The fourth-order valence-electron chi connectivity index (χ4n) is 3.77. The van der Waals surface area contributed by atoms with Gasteiger partial charge in [-0.25, -0.2) is 4.98 Å². The minimum absolute atomic E-state index is 0.0495. The van der Waals surface area contributed by atoms with Crippen molar-refractivity contribution in [1.29, 1.82) is 0 Å². The molecule has 2 saturated heterocycles. The zero-order valence-electron chi connectivity index (χ0n) is 15.2. The second-order valence-electron chi connectivity index (χ2n) is 7.08. The molecule has 2 aliphatic heterocycles. The topological polar surface area (TPSA) is 122 Å². The van der Waals surface area contributed by atoms with Crippen molar-refractivity contribution in [2.75, 3.05) is 56.4 Å². The summed E-state index contributed by atoms with van der Waals surface area (Å²) in [5.74, 6) is 0.873. The number of piperazine rings is 1. The zero-order valence-corrected chi connectivity index (χ0v) is 15.2. The third-order valence-electron chi connectivity index (χ3n) is 5.01. The summed E-state index contributed by atoms with van der Waals surface area (Å²) in [6, 6.07) is 1.91. The first kappa shape index (κ1) is 18.4. The number of rotatable bonds is 4. The Labute approximate surface area is 153 Å².